The highest BCUT2D eigenvalue weighted by molar-refractivity contribution is 5.09. The molecular weight excluding hydrogens is 238 g/mol. The summed E-state index contributed by atoms with van der Waals surface area (Å²) in [5, 5.41) is 3.48. The van der Waals surface area contributed by atoms with Crippen LogP contribution in [0.15, 0.2) is 31.2 Å². The maximum atomic E-state index is 4.36. The molecule has 0 saturated carbocycles. The average Bonchev–Trinajstić information content (AvgIpc) is 3.10. The van der Waals surface area contributed by atoms with E-state index in [2.05, 4.69) is 31.3 Å². The van der Waals surface area contributed by atoms with Gasteiger partial charge in [0.2, 0.25) is 0 Å². The molecule has 1 saturated heterocycles. The summed E-state index contributed by atoms with van der Waals surface area (Å²) in [5.74, 6) is 0.599. The monoisotopic (exact) mass is 259 g/mol. The van der Waals surface area contributed by atoms with Crippen molar-refractivity contribution in [1.29, 1.82) is 0 Å². The first-order chi connectivity index (χ1) is 9.34. The van der Waals surface area contributed by atoms with Gasteiger partial charge >= 0.3 is 0 Å². The van der Waals surface area contributed by atoms with Gasteiger partial charge in [-0.25, -0.2) is 9.97 Å². The molecule has 2 unspecified atom stereocenters. The zero-order valence-corrected chi connectivity index (χ0v) is 11.4. The van der Waals surface area contributed by atoms with E-state index in [-0.39, 0.29) is 0 Å². The smallest absolute Gasteiger partial charge is 0.0951 e. The van der Waals surface area contributed by atoms with E-state index in [0.717, 1.165) is 19.6 Å². The quantitative estimate of drug-likeness (QED) is 0.911. The minimum absolute atomic E-state index is 0.397. The first kappa shape index (κ1) is 12.4. The third-order valence-electron chi connectivity index (χ3n) is 3.92. The fourth-order valence-corrected chi connectivity index (χ4v) is 2.89. The summed E-state index contributed by atoms with van der Waals surface area (Å²) in [6, 6.07) is 0.397. The third-order valence-corrected chi connectivity index (χ3v) is 3.92. The number of rotatable bonds is 4. The van der Waals surface area contributed by atoms with Crippen molar-refractivity contribution < 1.29 is 0 Å². The molecule has 1 fully saturated rings. The van der Waals surface area contributed by atoms with E-state index < -0.39 is 0 Å². The van der Waals surface area contributed by atoms with Gasteiger partial charge in [-0.15, -0.1) is 0 Å². The van der Waals surface area contributed by atoms with E-state index in [1.807, 2.05) is 31.2 Å². The summed E-state index contributed by atoms with van der Waals surface area (Å²) in [6.07, 6.45) is 12.2. The summed E-state index contributed by atoms with van der Waals surface area (Å²) in [4.78, 5) is 8.45. The van der Waals surface area contributed by atoms with Crippen molar-refractivity contribution in [3.05, 3.63) is 36.9 Å². The third kappa shape index (κ3) is 2.71. The minimum atomic E-state index is 0.397. The van der Waals surface area contributed by atoms with Gasteiger partial charge in [0.15, 0.2) is 0 Å². The van der Waals surface area contributed by atoms with Gasteiger partial charge in [-0.2, -0.15) is 0 Å². The van der Waals surface area contributed by atoms with E-state index in [0.29, 0.717) is 12.0 Å². The lowest BCUT2D eigenvalue weighted by Crippen LogP contribution is -2.30. The van der Waals surface area contributed by atoms with Crippen molar-refractivity contribution in [1.82, 2.24) is 24.4 Å². The Bertz CT molecular complexity index is 496. The van der Waals surface area contributed by atoms with Crippen LogP contribution in [0.4, 0.5) is 0 Å². The molecule has 2 atom stereocenters. The molecule has 102 valence electrons. The van der Waals surface area contributed by atoms with Gasteiger partial charge in [0.05, 0.1) is 12.7 Å². The van der Waals surface area contributed by atoms with Gasteiger partial charge in [0, 0.05) is 49.3 Å². The topological polar surface area (TPSA) is 47.7 Å². The molecule has 2 aromatic rings. The summed E-state index contributed by atoms with van der Waals surface area (Å²) >= 11 is 0. The maximum absolute atomic E-state index is 4.36. The standard InChI is InChI=1S/C14H21N5/c1-12(9-18-6-5-16-10-18)19-11-17-8-14(19)13-3-2-4-15-7-13/h5-6,8,10-13,15H,2-4,7,9H2,1H3. The molecule has 3 heterocycles. The molecule has 5 heteroatoms. The van der Waals surface area contributed by atoms with Crippen LogP contribution >= 0.6 is 0 Å². The molecule has 1 N–H and O–H groups in total. The normalized spacial score (nSPS) is 21.4. The van der Waals surface area contributed by atoms with Gasteiger partial charge < -0.3 is 14.5 Å². The van der Waals surface area contributed by atoms with Crippen LogP contribution in [-0.2, 0) is 6.54 Å². The Morgan fingerprint density at radius 3 is 3.11 bits per heavy atom. The van der Waals surface area contributed by atoms with Crippen LogP contribution in [-0.4, -0.2) is 32.2 Å². The van der Waals surface area contributed by atoms with Crippen LogP contribution in [0.3, 0.4) is 0 Å². The zero-order chi connectivity index (χ0) is 13.1. The molecule has 19 heavy (non-hydrogen) atoms. The fourth-order valence-electron chi connectivity index (χ4n) is 2.89. The Morgan fingerprint density at radius 1 is 1.42 bits per heavy atom. The van der Waals surface area contributed by atoms with Gasteiger partial charge in [-0.05, 0) is 26.3 Å². The molecule has 0 radical (unpaired) electrons. The summed E-state index contributed by atoms with van der Waals surface area (Å²) in [7, 11) is 0. The van der Waals surface area contributed by atoms with Crippen LogP contribution in [0.5, 0.6) is 0 Å². The van der Waals surface area contributed by atoms with Gasteiger partial charge in [0.25, 0.3) is 0 Å². The van der Waals surface area contributed by atoms with Crippen LogP contribution < -0.4 is 5.32 Å². The second-order valence-corrected chi connectivity index (χ2v) is 5.38. The minimum Gasteiger partial charge on any atom is -0.335 e. The van der Waals surface area contributed by atoms with Crippen LogP contribution in [0.2, 0.25) is 0 Å². The lowest BCUT2D eigenvalue weighted by atomic mass is 9.96. The highest BCUT2D eigenvalue weighted by atomic mass is 15.1. The SMILES string of the molecule is CC(Cn1ccnc1)n1cncc1C1CCCNC1. The maximum Gasteiger partial charge on any atom is 0.0951 e. The highest BCUT2D eigenvalue weighted by Gasteiger charge is 2.20. The predicted molar refractivity (Wildman–Crippen MR) is 74.0 cm³/mol. The molecule has 2 aromatic heterocycles. The lowest BCUT2D eigenvalue weighted by molar-refractivity contribution is 0.403. The number of nitrogens with zero attached hydrogens (tertiary/aromatic N) is 4. The molecule has 3 rings (SSSR count). The van der Waals surface area contributed by atoms with Crippen LogP contribution in [0.25, 0.3) is 0 Å². The fraction of sp³-hybridized carbons (Fsp3) is 0.571. The average molecular weight is 259 g/mol. The Hall–Kier alpha value is -1.62. The molecule has 0 aliphatic carbocycles. The molecule has 5 nitrogen and oxygen atoms in total. The van der Waals surface area contributed by atoms with Crippen molar-refractivity contribution in [3.63, 3.8) is 0 Å². The van der Waals surface area contributed by atoms with Crippen molar-refractivity contribution in [2.75, 3.05) is 13.1 Å². The van der Waals surface area contributed by atoms with Crippen molar-refractivity contribution in [2.45, 2.75) is 38.3 Å². The van der Waals surface area contributed by atoms with Crippen molar-refractivity contribution >= 4 is 0 Å². The van der Waals surface area contributed by atoms with Crippen LogP contribution in [0.1, 0.15) is 37.4 Å². The Balaban J connectivity index is 1.75. The molecular formula is C14H21N5. The molecule has 1 aliphatic heterocycles. The van der Waals surface area contributed by atoms with E-state index in [9.17, 15) is 0 Å². The van der Waals surface area contributed by atoms with Crippen molar-refractivity contribution in [3.8, 4) is 0 Å². The second kappa shape index (κ2) is 5.57. The molecule has 0 spiro atoms. The first-order valence-electron chi connectivity index (χ1n) is 7.03. The van der Waals surface area contributed by atoms with E-state index >= 15 is 0 Å². The van der Waals surface area contributed by atoms with Gasteiger partial charge in [-0.3, -0.25) is 0 Å². The number of imidazole rings is 2. The van der Waals surface area contributed by atoms with E-state index in [1.54, 1.807) is 0 Å². The molecule has 1 aliphatic rings. The Morgan fingerprint density at radius 2 is 2.37 bits per heavy atom. The van der Waals surface area contributed by atoms with E-state index in [4.69, 9.17) is 0 Å². The number of piperidine rings is 1. The highest BCUT2D eigenvalue weighted by Crippen LogP contribution is 2.25. The largest absolute Gasteiger partial charge is 0.335 e. The Kier molecular flexibility index (Phi) is 3.64. The summed E-state index contributed by atoms with van der Waals surface area (Å²) < 4.78 is 4.44. The number of hydrogen-bond acceptors (Lipinski definition) is 3. The lowest BCUT2D eigenvalue weighted by Gasteiger charge is -2.26. The van der Waals surface area contributed by atoms with Gasteiger partial charge in [-0.1, -0.05) is 0 Å². The zero-order valence-electron chi connectivity index (χ0n) is 11.4. The second-order valence-electron chi connectivity index (χ2n) is 5.38. The first-order valence-corrected chi connectivity index (χ1v) is 7.03. The number of aromatic nitrogens is 4. The van der Waals surface area contributed by atoms with Crippen LogP contribution in [0, 0.1) is 0 Å². The Labute approximate surface area is 113 Å². The molecule has 0 aromatic carbocycles. The molecule has 0 bridgehead atoms. The van der Waals surface area contributed by atoms with E-state index in [1.165, 1.54) is 18.5 Å². The van der Waals surface area contributed by atoms with Gasteiger partial charge in [0.1, 0.15) is 0 Å². The molecule has 0 amide bonds. The van der Waals surface area contributed by atoms with Crippen molar-refractivity contribution in [2.24, 2.45) is 0 Å². The number of nitrogens with one attached hydrogen (secondary N) is 1. The summed E-state index contributed by atoms with van der Waals surface area (Å²) in [6.45, 7) is 5.39. The summed E-state index contributed by atoms with van der Waals surface area (Å²) in [5.41, 5.74) is 1.36. The number of hydrogen-bond donors (Lipinski definition) is 1. The predicted octanol–water partition coefficient (Wildman–Crippen LogP) is 1.81.